The van der Waals surface area contributed by atoms with Crippen LogP contribution >= 0.6 is 0 Å². The minimum absolute atomic E-state index is 0.0893. The Hall–Kier alpha value is -1.64. The molecular formula is C18H24N2. The molecule has 0 heterocycles. The van der Waals surface area contributed by atoms with Gasteiger partial charge in [0.2, 0.25) is 0 Å². The van der Waals surface area contributed by atoms with Gasteiger partial charge in [-0.05, 0) is 37.6 Å². The monoisotopic (exact) mass is 268 g/mol. The maximum absolute atomic E-state index is 6.22. The van der Waals surface area contributed by atoms with Crippen LogP contribution in [0.4, 0.5) is 0 Å². The molecule has 0 saturated carbocycles. The van der Waals surface area contributed by atoms with E-state index < -0.39 is 0 Å². The van der Waals surface area contributed by atoms with Crippen LogP contribution in [-0.4, -0.2) is 18.0 Å². The van der Waals surface area contributed by atoms with Crippen molar-refractivity contribution in [1.82, 2.24) is 4.90 Å². The van der Waals surface area contributed by atoms with E-state index in [-0.39, 0.29) is 12.1 Å². The van der Waals surface area contributed by atoms with E-state index in [9.17, 15) is 0 Å². The lowest BCUT2D eigenvalue weighted by atomic mass is 9.98. The molecule has 0 aromatic heterocycles. The summed E-state index contributed by atoms with van der Waals surface area (Å²) in [5.74, 6) is 0. The summed E-state index contributed by atoms with van der Waals surface area (Å²) in [5, 5.41) is 0. The average Bonchev–Trinajstić information content (AvgIpc) is 2.42. The van der Waals surface area contributed by atoms with Crippen LogP contribution in [0.2, 0.25) is 0 Å². The molecule has 20 heavy (non-hydrogen) atoms. The lowest BCUT2D eigenvalue weighted by molar-refractivity contribution is 0.210. The molecule has 2 aromatic rings. The van der Waals surface area contributed by atoms with Gasteiger partial charge in [0, 0.05) is 18.6 Å². The van der Waals surface area contributed by atoms with Gasteiger partial charge < -0.3 is 5.73 Å². The van der Waals surface area contributed by atoms with Gasteiger partial charge in [0.15, 0.2) is 0 Å². The second-order valence-electron chi connectivity index (χ2n) is 5.56. The number of rotatable bonds is 5. The van der Waals surface area contributed by atoms with Gasteiger partial charge in [0.05, 0.1) is 0 Å². The number of likely N-dealkylation sites (N-methyl/N-ethyl adjacent to an activating group) is 1. The first-order valence-electron chi connectivity index (χ1n) is 7.15. The number of aryl methyl sites for hydroxylation is 1. The first kappa shape index (κ1) is 14.8. The van der Waals surface area contributed by atoms with Crippen LogP contribution in [0, 0.1) is 6.92 Å². The van der Waals surface area contributed by atoms with Gasteiger partial charge in [-0.1, -0.05) is 54.6 Å². The summed E-state index contributed by atoms with van der Waals surface area (Å²) in [6, 6.07) is 19.4. The number of hydrogen-bond donors (Lipinski definition) is 1. The van der Waals surface area contributed by atoms with Crippen molar-refractivity contribution in [3.8, 4) is 0 Å². The van der Waals surface area contributed by atoms with Gasteiger partial charge in [-0.2, -0.15) is 0 Å². The van der Waals surface area contributed by atoms with Gasteiger partial charge in [-0.25, -0.2) is 0 Å². The molecule has 2 heteroatoms. The summed E-state index contributed by atoms with van der Waals surface area (Å²) >= 11 is 0. The van der Waals surface area contributed by atoms with Crippen LogP contribution in [0.25, 0.3) is 0 Å². The van der Waals surface area contributed by atoms with Gasteiger partial charge in [-0.3, -0.25) is 4.90 Å². The summed E-state index contributed by atoms with van der Waals surface area (Å²) < 4.78 is 0. The number of hydrogen-bond acceptors (Lipinski definition) is 2. The summed E-state index contributed by atoms with van der Waals surface area (Å²) in [5.41, 5.74) is 10.2. The predicted octanol–water partition coefficient (Wildman–Crippen LogP) is 3.52. The standard InChI is InChI=1S/C18H24N2/c1-14-9-7-8-12-17(14)13-20(3)18(15(2)19)16-10-5-4-6-11-16/h4-12,15,18H,13,19H2,1-3H3. The minimum Gasteiger partial charge on any atom is -0.326 e. The van der Waals surface area contributed by atoms with Crippen LogP contribution in [0.3, 0.4) is 0 Å². The Morgan fingerprint density at radius 3 is 2.20 bits per heavy atom. The zero-order valence-corrected chi connectivity index (χ0v) is 12.6. The molecular weight excluding hydrogens is 244 g/mol. The van der Waals surface area contributed by atoms with Gasteiger partial charge in [0.25, 0.3) is 0 Å². The van der Waals surface area contributed by atoms with Crippen molar-refractivity contribution in [1.29, 1.82) is 0 Å². The quantitative estimate of drug-likeness (QED) is 0.899. The molecule has 0 fully saturated rings. The maximum Gasteiger partial charge on any atom is 0.0496 e. The molecule has 0 radical (unpaired) electrons. The Morgan fingerprint density at radius 1 is 1.00 bits per heavy atom. The fourth-order valence-corrected chi connectivity index (χ4v) is 2.76. The normalized spacial score (nSPS) is 14.2. The first-order chi connectivity index (χ1) is 9.59. The SMILES string of the molecule is Cc1ccccc1CN(C)C(c1ccccc1)C(C)N. The van der Waals surface area contributed by atoms with Crippen molar-refractivity contribution in [2.45, 2.75) is 32.5 Å². The van der Waals surface area contributed by atoms with Gasteiger partial charge in [-0.15, -0.1) is 0 Å². The zero-order valence-electron chi connectivity index (χ0n) is 12.6. The molecule has 0 aliphatic heterocycles. The summed E-state index contributed by atoms with van der Waals surface area (Å²) in [6.07, 6.45) is 0. The van der Waals surface area contributed by atoms with Crippen molar-refractivity contribution < 1.29 is 0 Å². The van der Waals surface area contributed by atoms with Crippen molar-refractivity contribution in [3.63, 3.8) is 0 Å². The number of nitrogens with zero attached hydrogens (tertiary/aromatic N) is 1. The molecule has 0 bridgehead atoms. The van der Waals surface area contributed by atoms with Crippen molar-refractivity contribution in [2.75, 3.05) is 7.05 Å². The van der Waals surface area contributed by atoms with Crippen LogP contribution < -0.4 is 5.73 Å². The highest BCUT2D eigenvalue weighted by molar-refractivity contribution is 5.26. The molecule has 0 spiro atoms. The Labute approximate surface area is 122 Å². The van der Waals surface area contributed by atoms with E-state index in [0.29, 0.717) is 0 Å². The van der Waals surface area contributed by atoms with Crippen LogP contribution in [0.1, 0.15) is 29.7 Å². The fraction of sp³-hybridized carbons (Fsp3) is 0.333. The summed E-state index contributed by atoms with van der Waals surface area (Å²) in [7, 11) is 2.15. The molecule has 2 aromatic carbocycles. The molecule has 2 atom stereocenters. The Balaban J connectivity index is 2.20. The second-order valence-corrected chi connectivity index (χ2v) is 5.56. The van der Waals surface area contributed by atoms with E-state index in [1.807, 2.05) is 6.07 Å². The molecule has 106 valence electrons. The van der Waals surface area contributed by atoms with Crippen molar-refractivity contribution in [2.24, 2.45) is 5.73 Å². The highest BCUT2D eigenvalue weighted by Crippen LogP contribution is 2.24. The number of nitrogens with two attached hydrogens (primary N) is 1. The van der Waals surface area contributed by atoms with E-state index >= 15 is 0 Å². The lowest BCUT2D eigenvalue weighted by Crippen LogP contribution is -2.37. The molecule has 2 unspecified atom stereocenters. The smallest absolute Gasteiger partial charge is 0.0496 e. The highest BCUT2D eigenvalue weighted by Gasteiger charge is 2.21. The third kappa shape index (κ3) is 3.47. The average molecular weight is 268 g/mol. The van der Waals surface area contributed by atoms with Crippen LogP contribution in [0.15, 0.2) is 54.6 Å². The molecule has 0 aliphatic rings. The first-order valence-corrected chi connectivity index (χ1v) is 7.15. The van der Waals surface area contributed by atoms with E-state index in [2.05, 4.69) is 74.3 Å². The molecule has 0 amide bonds. The van der Waals surface area contributed by atoms with Crippen molar-refractivity contribution >= 4 is 0 Å². The fourth-order valence-electron chi connectivity index (χ4n) is 2.76. The van der Waals surface area contributed by atoms with Gasteiger partial charge in [0.1, 0.15) is 0 Å². The van der Waals surface area contributed by atoms with E-state index in [4.69, 9.17) is 5.73 Å². The summed E-state index contributed by atoms with van der Waals surface area (Å²) in [4.78, 5) is 2.34. The third-order valence-corrected chi connectivity index (χ3v) is 3.79. The van der Waals surface area contributed by atoms with Crippen molar-refractivity contribution in [3.05, 3.63) is 71.3 Å². The predicted molar refractivity (Wildman–Crippen MR) is 85.5 cm³/mol. The Morgan fingerprint density at radius 2 is 1.60 bits per heavy atom. The largest absolute Gasteiger partial charge is 0.326 e. The van der Waals surface area contributed by atoms with E-state index in [0.717, 1.165) is 6.54 Å². The maximum atomic E-state index is 6.22. The second kappa shape index (κ2) is 6.69. The third-order valence-electron chi connectivity index (χ3n) is 3.79. The molecule has 2 N–H and O–H groups in total. The van der Waals surface area contributed by atoms with Crippen LogP contribution in [0.5, 0.6) is 0 Å². The van der Waals surface area contributed by atoms with Gasteiger partial charge >= 0.3 is 0 Å². The summed E-state index contributed by atoms with van der Waals surface area (Å²) in [6.45, 7) is 5.15. The molecule has 2 rings (SSSR count). The van der Waals surface area contributed by atoms with E-state index in [1.165, 1.54) is 16.7 Å². The molecule has 0 saturated heterocycles. The molecule has 0 aliphatic carbocycles. The zero-order chi connectivity index (χ0) is 14.5. The highest BCUT2D eigenvalue weighted by atomic mass is 15.1. The Bertz CT molecular complexity index is 534. The minimum atomic E-state index is 0.0893. The van der Waals surface area contributed by atoms with E-state index in [1.54, 1.807) is 0 Å². The van der Waals surface area contributed by atoms with Crippen LogP contribution in [-0.2, 0) is 6.54 Å². The molecule has 2 nitrogen and oxygen atoms in total. The lowest BCUT2D eigenvalue weighted by Gasteiger charge is -2.32. The Kier molecular flexibility index (Phi) is 4.94. The topological polar surface area (TPSA) is 29.3 Å². The number of benzene rings is 2.